The normalized spacial score (nSPS) is 11.2. The number of sulfonamides is 1. The van der Waals surface area contributed by atoms with Crippen molar-refractivity contribution in [2.24, 2.45) is 5.73 Å². The molecule has 0 atom stereocenters. The zero-order chi connectivity index (χ0) is 16.3. The number of amides is 1. The van der Waals surface area contributed by atoms with Gasteiger partial charge in [0.25, 0.3) is 5.91 Å². The molecule has 3 N–H and O–H groups in total. The molecule has 22 heavy (non-hydrogen) atoms. The third-order valence-electron chi connectivity index (χ3n) is 2.83. The van der Waals surface area contributed by atoms with E-state index in [0.29, 0.717) is 0 Å². The number of hydrogen-bond donors (Lipinski definition) is 2. The highest BCUT2D eigenvalue weighted by Gasteiger charge is 2.19. The van der Waals surface area contributed by atoms with Crippen molar-refractivity contribution in [2.45, 2.75) is 5.75 Å². The van der Waals surface area contributed by atoms with Crippen LogP contribution in [0.1, 0.15) is 15.9 Å². The molecule has 2 aromatic carbocycles. The Morgan fingerprint density at radius 1 is 1.18 bits per heavy atom. The molecule has 0 unspecified atom stereocenters. The Morgan fingerprint density at radius 2 is 1.86 bits per heavy atom. The number of carbonyl (C=O) groups is 1. The number of anilines is 1. The van der Waals surface area contributed by atoms with E-state index in [0.717, 1.165) is 0 Å². The molecule has 0 bridgehead atoms. The summed E-state index contributed by atoms with van der Waals surface area (Å²) in [6.07, 6.45) is 0. The third kappa shape index (κ3) is 3.75. The molecule has 5 nitrogen and oxygen atoms in total. The molecule has 0 saturated heterocycles. The minimum atomic E-state index is -3.94. The minimum absolute atomic E-state index is 0.0117. The Hall–Kier alpha value is -2.12. The van der Waals surface area contributed by atoms with Gasteiger partial charge in [-0.2, -0.15) is 0 Å². The van der Waals surface area contributed by atoms with Crippen molar-refractivity contribution in [3.05, 3.63) is 64.4 Å². The molecule has 0 saturated carbocycles. The van der Waals surface area contributed by atoms with Crippen LogP contribution in [-0.4, -0.2) is 14.3 Å². The van der Waals surface area contributed by atoms with Gasteiger partial charge in [0.2, 0.25) is 10.0 Å². The van der Waals surface area contributed by atoms with Gasteiger partial charge in [0.15, 0.2) is 0 Å². The first-order valence-electron chi connectivity index (χ1n) is 6.12. The van der Waals surface area contributed by atoms with Crippen LogP contribution in [0, 0.1) is 5.82 Å². The summed E-state index contributed by atoms with van der Waals surface area (Å²) in [7, 11) is -3.94. The third-order valence-corrected chi connectivity index (χ3v) is 4.37. The van der Waals surface area contributed by atoms with Gasteiger partial charge in [-0.05, 0) is 18.2 Å². The van der Waals surface area contributed by atoms with E-state index < -0.39 is 27.5 Å². The van der Waals surface area contributed by atoms with Gasteiger partial charge in [-0.1, -0.05) is 35.9 Å². The number of rotatable bonds is 5. The van der Waals surface area contributed by atoms with Gasteiger partial charge in [0.05, 0.1) is 22.0 Å². The number of carbonyl (C=O) groups excluding carboxylic acids is 1. The van der Waals surface area contributed by atoms with E-state index in [-0.39, 0.29) is 21.8 Å². The van der Waals surface area contributed by atoms with Gasteiger partial charge in [-0.3, -0.25) is 9.52 Å². The fourth-order valence-electron chi connectivity index (χ4n) is 1.88. The molecule has 0 aliphatic rings. The number of primary amides is 1. The molecular formula is C14H12ClFN2O3S. The fraction of sp³-hybridized carbons (Fsp3) is 0.0714. The SMILES string of the molecule is NC(=O)c1c(Cl)cccc1NS(=O)(=O)Cc1ccccc1F. The van der Waals surface area contributed by atoms with E-state index in [1.807, 2.05) is 0 Å². The molecule has 0 spiro atoms. The molecule has 0 heterocycles. The Bertz CT molecular complexity index is 825. The maximum Gasteiger partial charge on any atom is 0.252 e. The quantitative estimate of drug-likeness (QED) is 0.874. The molecule has 0 aliphatic carbocycles. The second-order valence-electron chi connectivity index (χ2n) is 4.48. The summed E-state index contributed by atoms with van der Waals surface area (Å²) in [4.78, 5) is 11.4. The predicted octanol–water partition coefficient (Wildman–Crippen LogP) is 2.52. The summed E-state index contributed by atoms with van der Waals surface area (Å²) in [5.74, 6) is -2.08. The lowest BCUT2D eigenvalue weighted by molar-refractivity contribution is 0.100. The van der Waals surface area contributed by atoms with E-state index in [1.54, 1.807) is 0 Å². The summed E-state index contributed by atoms with van der Waals surface area (Å²) in [6.45, 7) is 0. The number of benzene rings is 2. The molecule has 1 amide bonds. The van der Waals surface area contributed by atoms with Crippen LogP contribution in [0.15, 0.2) is 42.5 Å². The highest BCUT2D eigenvalue weighted by molar-refractivity contribution is 7.91. The fourth-order valence-corrected chi connectivity index (χ4v) is 3.37. The van der Waals surface area contributed by atoms with Crippen LogP contribution in [0.2, 0.25) is 5.02 Å². The second-order valence-corrected chi connectivity index (χ2v) is 6.61. The largest absolute Gasteiger partial charge is 0.365 e. The molecule has 2 aromatic rings. The smallest absolute Gasteiger partial charge is 0.252 e. The average molecular weight is 343 g/mol. The molecule has 0 aromatic heterocycles. The lowest BCUT2D eigenvalue weighted by Crippen LogP contribution is -2.20. The van der Waals surface area contributed by atoms with Crippen LogP contribution in [-0.2, 0) is 15.8 Å². The number of nitrogens with one attached hydrogen (secondary N) is 1. The topological polar surface area (TPSA) is 89.3 Å². The van der Waals surface area contributed by atoms with Gasteiger partial charge in [0.1, 0.15) is 5.82 Å². The van der Waals surface area contributed by atoms with E-state index in [2.05, 4.69) is 4.72 Å². The van der Waals surface area contributed by atoms with Gasteiger partial charge in [0, 0.05) is 5.56 Å². The minimum Gasteiger partial charge on any atom is -0.365 e. The van der Waals surface area contributed by atoms with E-state index >= 15 is 0 Å². The van der Waals surface area contributed by atoms with Crippen LogP contribution >= 0.6 is 11.6 Å². The van der Waals surface area contributed by atoms with Crippen molar-refractivity contribution in [3.8, 4) is 0 Å². The standard InChI is InChI=1S/C14H12ClFN2O3S/c15-10-5-3-7-12(13(10)14(17)19)18-22(20,21)8-9-4-1-2-6-11(9)16/h1-7,18H,8H2,(H2,17,19). The van der Waals surface area contributed by atoms with Crippen molar-refractivity contribution >= 4 is 33.2 Å². The van der Waals surface area contributed by atoms with Crippen LogP contribution in [0.5, 0.6) is 0 Å². The second kappa shape index (κ2) is 6.33. The predicted molar refractivity (Wildman–Crippen MR) is 82.6 cm³/mol. The molecule has 0 aliphatic heterocycles. The van der Waals surface area contributed by atoms with Crippen LogP contribution in [0.25, 0.3) is 0 Å². The monoisotopic (exact) mass is 342 g/mol. The first-order chi connectivity index (χ1) is 10.3. The zero-order valence-corrected chi connectivity index (χ0v) is 12.8. The lowest BCUT2D eigenvalue weighted by Gasteiger charge is -2.12. The van der Waals surface area contributed by atoms with Gasteiger partial charge >= 0.3 is 0 Å². The molecule has 0 fully saturated rings. The van der Waals surface area contributed by atoms with Crippen LogP contribution < -0.4 is 10.5 Å². The Labute approximate surface area is 131 Å². The summed E-state index contributed by atoms with van der Waals surface area (Å²) in [5, 5.41) is 0.0265. The summed E-state index contributed by atoms with van der Waals surface area (Å²) >= 11 is 5.84. The van der Waals surface area contributed by atoms with Crippen molar-refractivity contribution in [3.63, 3.8) is 0 Å². The lowest BCUT2D eigenvalue weighted by atomic mass is 10.2. The van der Waals surface area contributed by atoms with Gasteiger partial charge in [-0.25, -0.2) is 12.8 Å². The Kier molecular flexibility index (Phi) is 4.68. The van der Waals surface area contributed by atoms with E-state index in [1.165, 1.54) is 42.5 Å². The van der Waals surface area contributed by atoms with Crippen molar-refractivity contribution in [1.82, 2.24) is 0 Å². The average Bonchev–Trinajstić information content (AvgIpc) is 2.40. The van der Waals surface area contributed by atoms with Crippen LogP contribution in [0.3, 0.4) is 0 Å². The number of hydrogen-bond acceptors (Lipinski definition) is 3. The highest BCUT2D eigenvalue weighted by atomic mass is 35.5. The maximum atomic E-state index is 13.5. The molecule has 2 rings (SSSR count). The summed E-state index contributed by atoms with van der Waals surface area (Å²) in [5.41, 5.74) is 5.02. The number of nitrogens with two attached hydrogens (primary N) is 1. The van der Waals surface area contributed by atoms with Crippen molar-refractivity contribution in [2.75, 3.05) is 4.72 Å². The van der Waals surface area contributed by atoms with E-state index in [9.17, 15) is 17.6 Å². The Morgan fingerprint density at radius 3 is 2.50 bits per heavy atom. The first-order valence-corrected chi connectivity index (χ1v) is 8.15. The number of halogens is 2. The van der Waals surface area contributed by atoms with Crippen molar-refractivity contribution in [1.29, 1.82) is 0 Å². The van der Waals surface area contributed by atoms with Gasteiger partial charge in [-0.15, -0.1) is 0 Å². The molecule has 0 radical (unpaired) electrons. The summed E-state index contributed by atoms with van der Waals surface area (Å²) in [6, 6.07) is 9.75. The van der Waals surface area contributed by atoms with Crippen molar-refractivity contribution < 1.29 is 17.6 Å². The van der Waals surface area contributed by atoms with E-state index in [4.69, 9.17) is 17.3 Å². The maximum absolute atomic E-state index is 13.5. The molecular weight excluding hydrogens is 331 g/mol. The molecule has 8 heteroatoms. The Balaban J connectivity index is 2.32. The van der Waals surface area contributed by atoms with Gasteiger partial charge < -0.3 is 5.73 Å². The zero-order valence-electron chi connectivity index (χ0n) is 11.2. The summed E-state index contributed by atoms with van der Waals surface area (Å²) < 4.78 is 40.0. The highest BCUT2D eigenvalue weighted by Crippen LogP contribution is 2.25. The first kappa shape index (κ1) is 16.3. The van der Waals surface area contributed by atoms with Crippen LogP contribution in [0.4, 0.5) is 10.1 Å². The molecule has 116 valence electrons.